The number of fused-ring (bicyclic) bond motifs is 2. The first-order valence-corrected chi connectivity index (χ1v) is 16.2. The summed E-state index contributed by atoms with van der Waals surface area (Å²) in [6.07, 6.45) is 6.27. The van der Waals surface area contributed by atoms with E-state index in [2.05, 4.69) is 42.5 Å². The van der Waals surface area contributed by atoms with Crippen molar-refractivity contribution in [2.75, 3.05) is 10.6 Å². The molecule has 2 aromatic heterocycles. The van der Waals surface area contributed by atoms with Gasteiger partial charge in [0.2, 0.25) is 0 Å². The molecular weight excluding hydrogens is 607 g/mol. The second kappa shape index (κ2) is 12.5. The third-order valence-electron chi connectivity index (χ3n) is 8.82. The maximum absolute atomic E-state index is 13.4. The Labute approximate surface area is 274 Å². The van der Waals surface area contributed by atoms with Gasteiger partial charge in [0.05, 0.1) is 22.0 Å². The molecule has 234 valence electrons. The number of halogens is 2. The lowest BCUT2D eigenvalue weighted by molar-refractivity contribution is 0.0524. The molecule has 2 aliphatic rings. The van der Waals surface area contributed by atoms with Crippen LogP contribution in [-0.2, 0) is 11.8 Å². The zero-order valence-corrected chi connectivity index (χ0v) is 27.5. The monoisotopic (exact) mass is 644 g/mol. The van der Waals surface area contributed by atoms with Crippen LogP contribution in [0, 0.1) is 12.8 Å². The van der Waals surface area contributed by atoms with Crippen LogP contribution in [0.5, 0.6) is 0 Å². The molecule has 2 unspecified atom stereocenters. The van der Waals surface area contributed by atoms with E-state index in [0.29, 0.717) is 22.3 Å². The summed E-state index contributed by atoms with van der Waals surface area (Å²) in [5.74, 6) is 1.02. The predicted octanol–water partition coefficient (Wildman–Crippen LogP) is 8.45. The van der Waals surface area contributed by atoms with Crippen molar-refractivity contribution in [3.63, 3.8) is 0 Å². The van der Waals surface area contributed by atoms with E-state index >= 15 is 0 Å². The molecule has 0 saturated carbocycles. The highest BCUT2D eigenvalue weighted by atomic mass is 35.5. The number of pyridine rings is 1. The van der Waals surface area contributed by atoms with E-state index in [1.165, 1.54) is 6.20 Å². The number of rotatable bonds is 6. The van der Waals surface area contributed by atoms with Crippen molar-refractivity contribution in [1.29, 1.82) is 0 Å². The van der Waals surface area contributed by atoms with Crippen molar-refractivity contribution in [2.45, 2.75) is 77.3 Å². The fourth-order valence-electron chi connectivity index (χ4n) is 6.58. The van der Waals surface area contributed by atoms with Gasteiger partial charge in [0.25, 0.3) is 5.91 Å². The highest BCUT2D eigenvalue weighted by molar-refractivity contribution is 6.41. The Morgan fingerprint density at radius 3 is 2.33 bits per heavy atom. The minimum Gasteiger partial charge on any atom is -0.333 e. The molecule has 0 aliphatic carbocycles. The Morgan fingerprint density at radius 2 is 1.67 bits per heavy atom. The fourth-order valence-corrected chi connectivity index (χ4v) is 6.85. The van der Waals surface area contributed by atoms with Gasteiger partial charge in [-0.3, -0.25) is 10.1 Å². The van der Waals surface area contributed by atoms with E-state index < -0.39 is 0 Å². The van der Waals surface area contributed by atoms with E-state index in [4.69, 9.17) is 28.3 Å². The third kappa shape index (κ3) is 6.87. The minimum atomic E-state index is -0.331. The van der Waals surface area contributed by atoms with E-state index in [-0.39, 0.29) is 34.6 Å². The molecular formula is C35H38Cl2N6O2. The van der Waals surface area contributed by atoms with Crippen LogP contribution < -0.4 is 10.6 Å². The molecule has 2 N–H and O–H groups in total. The van der Waals surface area contributed by atoms with E-state index in [1.54, 1.807) is 10.7 Å². The van der Waals surface area contributed by atoms with Crippen LogP contribution >= 0.6 is 23.2 Å². The number of benzene rings is 2. The van der Waals surface area contributed by atoms with Crippen molar-refractivity contribution in [3.05, 3.63) is 99.4 Å². The lowest BCUT2D eigenvalue weighted by atomic mass is 9.85. The largest absolute Gasteiger partial charge is 0.333 e. The summed E-state index contributed by atoms with van der Waals surface area (Å²) in [6.45, 7) is 8.35. The van der Waals surface area contributed by atoms with Crippen molar-refractivity contribution < 1.29 is 9.59 Å². The zero-order valence-electron chi connectivity index (χ0n) is 26.0. The number of aromatic nitrogens is 3. The molecule has 2 atom stereocenters. The van der Waals surface area contributed by atoms with E-state index in [0.717, 1.165) is 60.3 Å². The second-order valence-corrected chi connectivity index (χ2v) is 14.1. The second-order valence-electron chi connectivity index (χ2n) is 13.3. The van der Waals surface area contributed by atoms with Gasteiger partial charge in [-0.1, -0.05) is 73.8 Å². The summed E-state index contributed by atoms with van der Waals surface area (Å²) in [5, 5.41) is 11.3. The molecule has 0 spiro atoms. The van der Waals surface area contributed by atoms with E-state index in [1.807, 2.05) is 60.4 Å². The first-order valence-electron chi connectivity index (χ1n) is 15.4. The number of carbonyl (C=O) groups is 2. The molecule has 2 aromatic carbocycles. The van der Waals surface area contributed by atoms with Crippen LogP contribution in [-0.4, -0.2) is 43.7 Å². The first kappa shape index (κ1) is 31.1. The summed E-state index contributed by atoms with van der Waals surface area (Å²) < 4.78 is 1.78. The summed E-state index contributed by atoms with van der Waals surface area (Å²) in [7, 11) is 0. The molecule has 45 heavy (non-hydrogen) atoms. The fraction of sp³-hybridized carbons (Fsp3) is 0.371. The number of carbonyl (C=O) groups excluding carboxylic acids is 2. The molecule has 4 heterocycles. The molecule has 10 heteroatoms. The van der Waals surface area contributed by atoms with Gasteiger partial charge in [0, 0.05) is 35.4 Å². The average Bonchev–Trinajstić information content (AvgIpc) is 3.53. The number of piperidine rings is 1. The lowest BCUT2D eigenvalue weighted by Gasteiger charge is -2.39. The number of anilines is 2. The molecule has 2 aliphatic heterocycles. The maximum Gasteiger partial charge on any atom is 0.324 e. The number of urea groups is 1. The van der Waals surface area contributed by atoms with Gasteiger partial charge in [-0.05, 0) is 80.8 Å². The lowest BCUT2D eigenvalue weighted by Crippen LogP contribution is -2.47. The van der Waals surface area contributed by atoms with Crippen molar-refractivity contribution in [1.82, 2.24) is 19.7 Å². The molecule has 2 bridgehead atoms. The molecule has 8 nitrogen and oxygen atoms in total. The van der Waals surface area contributed by atoms with Crippen LogP contribution in [0.25, 0.3) is 5.69 Å². The van der Waals surface area contributed by atoms with Crippen molar-refractivity contribution in [3.8, 4) is 5.69 Å². The number of nitrogens with one attached hydrogen (secondary N) is 2. The highest BCUT2D eigenvalue weighted by Crippen LogP contribution is 2.41. The Hall–Kier alpha value is -3.88. The molecule has 3 amide bonds. The standard InChI is InChI=1S/C35H38Cl2N6O2/c1-21-8-10-26(11-9-21)43-31(19-30(41-43)35(2,3)4)40-34(45)39-25-7-5-6-22(15-25)14-23-16-27-12-13-28(17-23)42(27)33(44)24-18-29(36)32(37)38-20-24/h5-11,15,18-20,23,27-28H,12-14,16-17H2,1-4H3,(H2,39,40,45). The maximum atomic E-state index is 13.4. The average molecular weight is 646 g/mol. The SMILES string of the molecule is Cc1ccc(-n2nc(C(C)(C)C)cc2NC(=O)Nc2cccc(CC3CC4CCC(C3)N4C(=O)c3cnc(Cl)c(Cl)c3)c2)cc1. The molecule has 2 fully saturated rings. The smallest absolute Gasteiger partial charge is 0.324 e. The minimum absolute atomic E-state index is 0.0254. The summed E-state index contributed by atoms with van der Waals surface area (Å²) >= 11 is 12.1. The number of aryl methyl sites for hydroxylation is 1. The molecule has 0 radical (unpaired) electrons. The van der Waals surface area contributed by atoms with Gasteiger partial charge in [0.15, 0.2) is 0 Å². The summed E-state index contributed by atoms with van der Waals surface area (Å²) in [5.41, 5.74) is 5.10. The number of hydrogen-bond acceptors (Lipinski definition) is 4. The third-order valence-corrected chi connectivity index (χ3v) is 9.50. The molecule has 6 rings (SSSR count). The van der Waals surface area contributed by atoms with Crippen molar-refractivity contribution in [2.24, 2.45) is 5.92 Å². The number of hydrogen-bond donors (Lipinski definition) is 2. The molecule has 4 aromatic rings. The topological polar surface area (TPSA) is 92.2 Å². The summed E-state index contributed by atoms with van der Waals surface area (Å²) in [6, 6.07) is 19.7. The van der Waals surface area contributed by atoms with Gasteiger partial charge >= 0.3 is 6.03 Å². The Kier molecular flexibility index (Phi) is 8.63. The Morgan fingerprint density at radius 1 is 0.956 bits per heavy atom. The van der Waals surface area contributed by atoms with Crippen LogP contribution in [0.4, 0.5) is 16.3 Å². The van der Waals surface area contributed by atoms with E-state index in [9.17, 15) is 9.59 Å². The van der Waals surface area contributed by atoms with Gasteiger partial charge in [-0.25, -0.2) is 14.5 Å². The van der Waals surface area contributed by atoms with Gasteiger partial charge in [-0.2, -0.15) is 5.10 Å². The highest BCUT2D eigenvalue weighted by Gasteiger charge is 2.43. The van der Waals surface area contributed by atoms with Crippen LogP contribution in [0.3, 0.4) is 0 Å². The van der Waals surface area contributed by atoms with Crippen LogP contribution in [0.1, 0.15) is 73.6 Å². The van der Waals surface area contributed by atoms with Crippen LogP contribution in [0.2, 0.25) is 10.2 Å². The molecule has 2 saturated heterocycles. The van der Waals surface area contributed by atoms with Gasteiger partial charge in [-0.15, -0.1) is 0 Å². The zero-order chi connectivity index (χ0) is 31.9. The van der Waals surface area contributed by atoms with Crippen LogP contribution in [0.15, 0.2) is 66.9 Å². The number of nitrogens with zero attached hydrogens (tertiary/aromatic N) is 4. The van der Waals surface area contributed by atoms with Crippen molar-refractivity contribution >= 4 is 46.6 Å². The first-order chi connectivity index (χ1) is 21.4. The quantitative estimate of drug-likeness (QED) is 0.206. The summed E-state index contributed by atoms with van der Waals surface area (Å²) in [4.78, 5) is 32.7. The Bertz CT molecular complexity index is 1710. The normalized spacial score (nSPS) is 19.4. The van der Waals surface area contributed by atoms with Gasteiger partial charge < -0.3 is 10.2 Å². The van der Waals surface area contributed by atoms with Gasteiger partial charge in [0.1, 0.15) is 11.0 Å². The number of amides is 3. The Balaban J connectivity index is 1.11. The predicted molar refractivity (Wildman–Crippen MR) is 180 cm³/mol.